The summed E-state index contributed by atoms with van der Waals surface area (Å²) in [5.41, 5.74) is 3.66. The van der Waals surface area contributed by atoms with Crippen LogP contribution in [0.15, 0.2) is 39.9 Å². The fourth-order valence-electron chi connectivity index (χ4n) is 3.54. The van der Waals surface area contributed by atoms with Gasteiger partial charge in [0.1, 0.15) is 10.8 Å². The molecule has 4 rings (SSSR count). The van der Waals surface area contributed by atoms with Gasteiger partial charge in [-0.1, -0.05) is 25.4 Å². The number of ether oxygens (including phenoxy) is 1. The van der Waals surface area contributed by atoms with Crippen molar-refractivity contribution in [1.82, 2.24) is 9.58 Å². The minimum absolute atomic E-state index is 0.0308. The van der Waals surface area contributed by atoms with Gasteiger partial charge in [-0.25, -0.2) is 0 Å². The molecule has 0 aliphatic carbocycles. The molecule has 0 fully saturated rings. The lowest BCUT2D eigenvalue weighted by Gasteiger charge is -2.20. The molecule has 1 aromatic heterocycles. The monoisotopic (exact) mass is 455 g/mol. The van der Waals surface area contributed by atoms with E-state index in [1.54, 1.807) is 19.3 Å². The second kappa shape index (κ2) is 8.01. The summed E-state index contributed by atoms with van der Waals surface area (Å²) in [7, 11) is 1.61. The number of carbonyl (C=O) groups excluding carboxylic acids is 1. The molecule has 2 aromatic rings. The van der Waals surface area contributed by atoms with E-state index in [2.05, 4.69) is 10.1 Å². The van der Waals surface area contributed by atoms with Crippen LogP contribution in [0.4, 0.5) is 0 Å². The highest BCUT2D eigenvalue weighted by Gasteiger charge is 2.36. The van der Waals surface area contributed by atoms with Gasteiger partial charge in [-0.2, -0.15) is 15.1 Å². The minimum Gasteiger partial charge on any atom is -0.495 e. The Balaban J connectivity index is 1.78. The van der Waals surface area contributed by atoms with Gasteiger partial charge in [0.05, 0.1) is 18.4 Å². The van der Waals surface area contributed by atoms with Crippen molar-refractivity contribution in [2.75, 3.05) is 7.11 Å². The fourth-order valence-corrected chi connectivity index (χ4v) is 4.60. The van der Waals surface area contributed by atoms with Crippen LogP contribution in [0.25, 0.3) is 11.8 Å². The third-order valence-corrected chi connectivity index (χ3v) is 6.56. The zero-order valence-corrected chi connectivity index (χ0v) is 19.4. The summed E-state index contributed by atoms with van der Waals surface area (Å²) < 4.78 is 7.53. The van der Waals surface area contributed by atoms with Crippen LogP contribution in [0, 0.1) is 25.2 Å². The lowest BCUT2D eigenvalue weighted by Crippen LogP contribution is -2.35. The molecule has 2 aliphatic heterocycles. The van der Waals surface area contributed by atoms with Gasteiger partial charge in [0, 0.05) is 22.3 Å². The molecule has 1 aromatic carbocycles. The molecular formula is C22H22ClN5O2S. The second-order valence-corrected chi connectivity index (χ2v) is 9.01. The molecule has 0 saturated carbocycles. The standard InChI is InChI=1S/C22H22ClN5O2S/c1-11(2)21-26-28-19(24)16(20(29)25-22(28)31-21)9-14-8-12(3)27(13(14)4)17-10-15(23)6-7-18(17)30-5/h6-11,24H,1-5H3/b16-9-,24-19?. The summed E-state index contributed by atoms with van der Waals surface area (Å²) in [6.07, 6.45) is 1.70. The zero-order valence-electron chi connectivity index (χ0n) is 17.9. The Hall–Kier alpha value is -2.84. The summed E-state index contributed by atoms with van der Waals surface area (Å²) >= 11 is 7.56. The molecule has 0 bridgehead atoms. The Morgan fingerprint density at radius 1 is 1.26 bits per heavy atom. The van der Waals surface area contributed by atoms with E-state index in [-0.39, 0.29) is 17.3 Å². The summed E-state index contributed by atoms with van der Waals surface area (Å²) in [6.45, 7) is 7.96. The van der Waals surface area contributed by atoms with Crippen LogP contribution < -0.4 is 4.74 Å². The number of thioether (sulfide) groups is 1. The highest BCUT2D eigenvalue weighted by Crippen LogP contribution is 2.33. The predicted molar refractivity (Wildman–Crippen MR) is 127 cm³/mol. The average molecular weight is 456 g/mol. The number of hydrogen-bond acceptors (Lipinski definition) is 5. The number of nitrogens with one attached hydrogen (secondary N) is 1. The van der Waals surface area contributed by atoms with E-state index in [0.29, 0.717) is 15.9 Å². The number of aromatic nitrogens is 1. The number of benzene rings is 1. The van der Waals surface area contributed by atoms with Crippen LogP contribution >= 0.6 is 23.4 Å². The normalized spacial score (nSPS) is 17.4. The molecule has 0 spiro atoms. The van der Waals surface area contributed by atoms with Crippen molar-refractivity contribution in [2.45, 2.75) is 27.7 Å². The first-order chi connectivity index (χ1) is 14.7. The lowest BCUT2D eigenvalue weighted by atomic mass is 10.1. The number of amides is 1. The summed E-state index contributed by atoms with van der Waals surface area (Å²) in [5, 5.41) is 16.3. The molecule has 2 aliphatic rings. The number of methoxy groups -OCH3 is 1. The van der Waals surface area contributed by atoms with Crippen LogP contribution in [0.2, 0.25) is 5.02 Å². The summed E-state index contributed by atoms with van der Waals surface area (Å²) in [6, 6.07) is 7.40. The van der Waals surface area contributed by atoms with E-state index in [1.165, 1.54) is 16.8 Å². The maximum atomic E-state index is 12.7. The van der Waals surface area contributed by atoms with Crippen LogP contribution in [-0.2, 0) is 4.79 Å². The van der Waals surface area contributed by atoms with Crippen molar-refractivity contribution in [3.8, 4) is 11.4 Å². The predicted octanol–water partition coefficient (Wildman–Crippen LogP) is 5.03. The van der Waals surface area contributed by atoms with Crippen molar-refractivity contribution in [3.63, 3.8) is 0 Å². The SMILES string of the molecule is COc1ccc(Cl)cc1-n1c(C)cc(/C=C2/C(=N)N3N=C(C(C)C)SC3=NC2=O)c1C. The van der Waals surface area contributed by atoms with Gasteiger partial charge in [0.25, 0.3) is 5.91 Å². The number of fused-ring (bicyclic) bond motifs is 1. The van der Waals surface area contributed by atoms with Crippen molar-refractivity contribution in [3.05, 3.63) is 51.8 Å². The summed E-state index contributed by atoms with van der Waals surface area (Å²) in [4.78, 5) is 16.9. The first-order valence-corrected chi connectivity index (χ1v) is 10.9. The molecule has 7 nitrogen and oxygen atoms in total. The van der Waals surface area contributed by atoms with E-state index in [4.69, 9.17) is 21.7 Å². The smallest absolute Gasteiger partial charge is 0.283 e. The number of rotatable bonds is 4. The molecule has 160 valence electrons. The molecule has 1 amide bonds. The van der Waals surface area contributed by atoms with Crippen LogP contribution in [0.5, 0.6) is 5.75 Å². The highest BCUT2D eigenvalue weighted by atomic mass is 35.5. The first-order valence-electron chi connectivity index (χ1n) is 9.74. The molecule has 31 heavy (non-hydrogen) atoms. The van der Waals surface area contributed by atoms with E-state index in [9.17, 15) is 4.79 Å². The van der Waals surface area contributed by atoms with Gasteiger partial charge in [0.15, 0.2) is 5.84 Å². The van der Waals surface area contributed by atoms with Crippen molar-refractivity contribution in [1.29, 1.82) is 5.41 Å². The number of nitrogens with zero attached hydrogens (tertiary/aromatic N) is 4. The molecule has 1 N–H and O–H groups in total. The molecular weight excluding hydrogens is 434 g/mol. The Kier molecular flexibility index (Phi) is 5.53. The van der Waals surface area contributed by atoms with Crippen molar-refractivity contribution in [2.24, 2.45) is 16.0 Å². The number of aliphatic imine (C=N–C) groups is 1. The minimum atomic E-state index is -0.436. The fraction of sp³-hybridized carbons (Fsp3) is 0.273. The average Bonchev–Trinajstić information content (AvgIpc) is 3.26. The number of aryl methyl sites for hydroxylation is 1. The van der Waals surface area contributed by atoms with Gasteiger partial charge in [-0.3, -0.25) is 10.2 Å². The molecule has 0 atom stereocenters. The van der Waals surface area contributed by atoms with E-state index < -0.39 is 5.91 Å². The Labute approximate surface area is 189 Å². The first kappa shape index (κ1) is 21.4. The largest absolute Gasteiger partial charge is 0.495 e. The highest BCUT2D eigenvalue weighted by molar-refractivity contribution is 8.27. The Morgan fingerprint density at radius 3 is 2.68 bits per heavy atom. The Bertz CT molecular complexity index is 1210. The number of carbonyl (C=O) groups is 1. The number of hydrogen-bond donors (Lipinski definition) is 1. The second-order valence-electron chi connectivity index (χ2n) is 7.59. The quantitative estimate of drug-likeness (QED) is 0.655. The maximum Gasteiger partial charge on any atom is 0.283 e. The number of hydrazone groups is 1. The summed E-state index contributed by atoms with van der Waals surface area (Å²) in [5.74, 6) is 0.475. The zero-order chi connectivity index (χ0) is 22.4. The molecule has 0 saturated heterocycles. The van der Waals surface area contributed by atoms with Crippen molar-refractivity contribution < 1.29 is 9.53 Å². The van der Waals surface area contributed by atoms with Gasteiger partial charge >= 0.3 is 0 Å². The van der Waals surface area contributed by atoms with E-state index in [0.717, 1.165) is 27.7 Å². The van der Waals surface area contributed by atoms with E-state index >= 15 is 0 Å². The van der Waals surface area contributed by atoms with Gasteiger partial charge < -0.3 is 9.30 Å². The number of halogens is 1. The van der Waals surface area contributed by atoms with Crippen molar-refractivity contribution >= 4 is 51.4 Å². The third-order valence-electron chi connectivity index (χ3n) is 5.12. The topological polar surface area (TPSA) is 83.0 Å². The lowest BCUT2D eigenvalue weighted by molar-refractivity contribution is -0.114. The van der Waals surface area contributed by atoms with E-state index in [1.807, 2.05) is 50.5 Å². The Morgan fingerprint density at radius 2 is 2.00 bits per heavy atom. The maximum absolute atomic E-state index is 12.7. The molecule has 3 heterocycles. The molecule has 9 heteroatoms. The van der Waals surface area contributed by atoms with Gasteiger partial charge in [-0.05, 0) is 61.5 Å². The van der Waals surface area contributed by atoms with Crippen LogP contribution in [-0.4, -0.2) is 38.6 Å². The number of amidine groups is 2. The molecule has 0 unspecified atom stereocenters. The van der Waals surface area contributed by atoms with Gasteiger partial charge in [0.2, 0.25) is 5.17 Å². The third kappa shape index (κ3) is 3.70. The van der Waals surface area contributed by atoms with Crippen LogP contribution in [0.3, 0.4) is 0 Å². The van der Waals surface area contributed by atoms with Gasteiger partial charge in [-0.15, -0.1) is 0 Å². The van der Waals surface area contributed by atoms with Crippen LogP contribution in [0.1, 0.15) is 30.8 Å². The molecule has 0 radical (unpaired) electrons.